The Hall–Kier alpha value is -3.26. The number of aromatic nitrogens is 2. The van der Waals surface area contributed by atoms with Gasteiger partial charge in [0.1, 0.15) is 18.5 Å². The molecule has 0 saturated carbocycles. The first-order valence-electron chi connectivity index (χ1n) is 9.28. The number of nitrogens with zero attached hydrogens (tertiary/aromatic N) is 2. The van der Waals surface area contributed by atoms with E-state index in [9.17, 15) is 5.26 Å². The molecule has 6 heteroatoms. The first-order chi connectivity index (χ1) is 14.5. The van der Waals surface area contributed by atoms with E-state index in [1.165, 1.54) is 5.56 Å². The van der Waals surface area contributed by atoms with Gasteiger partial charge in [-0.1, -0.05) is 65.2 Å². The number of aryl methyl sites for hydroxylation is 1. The summed E-state index contributed by atoms with van der Waals surface area (Å²) in [7, 11) is 0. The van der Waals surface area contributed by atoms with Crippen LogP contribution in [0.25, 0.3) is 22.7 Å². The van der Waals surface area contributed by atoms with Crippen LogP contribution in [0.2, 0.25) is 10.0 Å². The molecule has 0 bridgehead atoms. The van der Waals surface area contributed by atoms with E-state index in [-0.39, 0.29) is 0 Å². The number of fused-ring (bicyclic) bond motifs is 1. The van der Waals surface area contributed by atoms with E-state index in [0.29, 0.717) is 39.4 Å². The Morgan fingerprint density at radius 1 is 1.10 bits per heavy atom. The van der Waals surface area contributed by atoms with Crippen LogP contribution in [0, 0.1) is 18.3 Å². The number of imidazole rings is 1. The number of rotatable bonds is 5. The molecule has 0 unspecified atom stereocenters. The van der Waals surface area contributed by atoms with Gasteiger partial charge in [-0.15, -0.1) is 0 Å². The number of benzene rings is 3. The van der Waals surface area contributed by atoms with Gasteiger partial charge in [0.25, 0.3) is 0 Å². The molecule has 0 radical (unpaired) electrons. The van der Waals surface area contributed by atoms with Crippen LogP contribution in [0.5, 0.6) is 5.75 Å². The number of para-hydroxylation sites is 2. The number of hydrogen-bond donors (Lipinski definition) is 1. The van der Waals surface area contributed by atoms with Gasteiger partial charge in [-0.05, 0) is 48.4 Å². The first-order valence-corrected chi connectivity index (χ1v) is 10.0. The summed E-state index contributed by atoms with van der Waals surface area (Å²) in [5, 5.41) is 10.4. The molecule has 30 heavy (non-hydrogen) atoms. The largest absolute Gasteiger partial charge is 0.486 e. The highest BCUT2D eigenvalue weighted by atomic mass is 35.5. The van der Waals surface area contributed by atoms with Gasteiger partial charge in [0, 0.05) is 0 Å². The van der Waals surface area contributed by atoms with Crippen LogP contribution < -0.4 is 4.74 Å². The molecule has 0 atom stereocenters. The average molecular weight is 434 g/mol. The van der Waals surface area contributed by atoms with Crippen molar-refractivity contribution in [3.63, 3.8) is 0 Å². The molecule has 1 aromatic heterocycles. The zero-order valence-corrected chi connectivity index (χ0v) is 17.6. The number of nitrogens with one attached hydrogen (secondary N) is 1. The van der Waals surface area contributed by atoms with Gasteiger partial charge in [0.05, 0.1) is 26.7 Å². The Morgan fingerprint density at radius 3 is 2.47 bits per heavy atom. The molecule has 4 aromatic rings. The lowest BCUT2D eigenvalue weighted by atomic mass is 10.1. The predicted octanol–water partition coefficient (Wildman–Crippen LogP) is 6.82. The minimum absolute atomic E-state index is 0.358. The standard InChI is InChI=1S/C24H17Cl2N3O/c1-15-6-8-16(9-7-15)14-30-23-19(25)11-17(12-20(23)26)10-18(13-27)24-28-21-4-2-3-5-22(21)29-24/h2-12H,14H2,1H3,(H,28,29)/b18-10+. The van der Waals surface area contributed by atoms with E-state index < -0.39 is 0 Å². The van der Waals surface area contributed by atoms with Gasteiger partial charge in [0.15, 0.2) is 5.75 Å². The molecular formula is C24H17Cl2N3O. The third-order valence-electron chi connectivity index (χ3n) is 4.60. The van der Waals surface area contributed by atoms with Crippen molar-refractivity contribution in [2.45, 2.75) is 13.5 Å². The quantitative estimate of drug-likeness (QED) is 0.351. The van der Waals surface area contributed by atoms with Crippen molar-refractivity contribution in [1.82, 2.24) is 9.97 Å². The van der Waals surface area contributed by atoms with Gasteiger partial charge < -0.3 is 9.72 Å². The normalized spacial score (nSPS) is 11.5. The van der Waals surface area contributed by atoms with E-state index in [0.717, 1.165) is 16.6 Å². The number of aromatic amines is 1. The maximum Gasteiger partial charge on any atom is 0.157 e. The highest BCUT2D eigenvalue weighted by molar-refractivity contribution is 6.37. The van der Waals surface area contributed by atoms with Crippen molar-refractivity contribution in [3.05, 3.63) is 93.2 Å². The van der Waals surface area contributed by atoms with Crippen molar-refractivity contribution in [1.29, 1.82) is 5.26 Å². The Bertz CT molecular complexity index is 1230. The lowest BCUT2D eigenvalue weighted by molar-refractivity contribution is 0.306. The Labute approximate surface area is 184 Å². The topological polar surface area (TPSA) is 61.7 Å². The van der Waals surface area contributed by atoms with Crippen LogP contribution in [0.1, 0.15) is 22.5 Å². The molecule has 4 rings (SSSR count). The minimum atomic E-state index is 0.358. The monoisotopic (exact) mass is 433 g/mol. The minimum Gasteiger partial charge on any atom is -0.486 e. The Morgan fingerprint density at radius 2 is 1.80 bits per heavy atom. The third-order valence-corrected chi connectivity index (χ3v) is 5.16. The second-order valence-corrected chi connectivity index (χ2v) is 7.67. The van der Waals surface area contributed by atoms with Gasteiger partial charge in [0.2, 0.25) is 0 Å². The number of hydrogen-bond acceptors (Lipinski definition) is 3. The molecule has 0 aliphatic heterocycles. The molecule has 4 nitrogen and oxygen atoms in total. The summed E-state index contributed by atoms with van der Waals surface area (Å²) >= 11 is 12.8. The molecule has 0 fully saturated rings. The van der Waals surface area contributed by atoms with E-state index in [2.05, 4.69) is 16.0 Å². The summed E-state index contributed by atoms with van der Waals surface area (Å²) in [6, 6.07) is 21.3. The van der Waals surface area contributed by atoms with Crippen LogP contribution in [-0.4, -0.2) is 9.97 Å². The lowest BCUT2D eigenvalue weighted by Gasteiger charge is -2.11. The summed E-state index contributed by atoms with van der Waals surface area (Å²) in [5.41, 5.74) is 4.93. The second-order valence-electron chi connectivity index (χ2n) is 6.86. The number of ether oxygens (including phenoxy) is 1. The van der Waals surface area contributed by atoms with Crippen molar-refractivity contribution in [2.75, 3.05) is 0 Å². The van der Waals surface area contributed by atoms with E-state index in [4.69, 9.17) is 27.9 Å². The smallest absolute Gasteiger partial charge is 0.157 e. The number of nitriles is 1. The van der Waals surface area contributed by atoms with Crippen LogP contribution >= 0.6 is 23.2 Å². The number of halogens is 2. The first kappa shape index (κ1) is 20.0. The van der Waals surface area contributed by atoms with Crippen LogP contribution in [0.4, 0.5) is 0 Å². The summed E-state index contributed by atoms with van der Waals surface area (Å²) < 4.78 is 5.84. The fraction of sp³-hybridized carbons (Fsp3) is 0.0833. The van der Waals surface area contributed by atoms with Gasteiger partial charge in [-0.3, -0.25) is 0 Å². The fourth-order valence-corrected chi connectivity index (χ4v) is 3.65. The zero-order valence-electron chi connectivity index (χ0n) is 16.1. The van der Waals surface area contributed by atoms with E-state index in [1.807, 2.05) is 55.5 Å². The van der Waals surface area contributed by atoms with Gasteiger partial charge in [-0.25, -0.2) is 4.98 Å². The molecule has 1 heterocycles. The highest BCUT2D eigenvalue weighted by Crippen LogP contribution is 2.36. The molecule has 0 aliphatic rings. The van der Waals surface area contributed by atoms with E-state index in [1.54, 1.807) is 18.2 Å². The molecule has 0 saturated heterocycles. The molecule has 0 amide bonds. The molecule has 3 aromatic carbocycles. The molecule has 0 spiro atoms. The summed E-state index contributed by atoms with van der Waals surface area (Å²) in [5.74, 6) is 0.906. The number of H-pyrrole nitrogens is 1. The Kier molecular flexibility index (Phi) is 5.76. The fourth-order valence-electron chi connectivity index (χ4n) is 3.04. The summed E-state index contributed by atoms with van der Waals surface area (Å²) in [6.07, 6.45) is 1.69. The van der Waals surface area contributed by atoms with Gasteiger partial charge >= 0.3 is 0 Å². The summed E-state index contributed by atoms with van der Waals surface area (Å²) in [4.78, 5) is 7.63. The van der Waals surface area contributed by atoms with Crippen LogP contribution in [0.3, 0.4) is 0 Å². The average Bonchev–Trinajstić information content (AvgIpc) is 3.16. The molecule has 148 valence electrons. The van der Waals surface area contributed by atoms with Crippen molar-refractivity contribution >= 4 is 45.9 Å². The van der Waals surface area contributed by atoms with E-state index >= 15 is 0 Å². The molecule has 0 aliphatic carbocycles. The third kappa shape index (κ3) is 4.33. The van der Waals surface area contributed by atoms with Crippen molar-refractivity contribution < 1.29 is 4.74 Å². The zero-order chi connectivity index (χ0) is 21.1. The van der Waals surface area contributed by atoms with Crippen LogP contribution in [-0.2, 0) is 6.61 Å². The second kappa shape index (κ2) is 8.62. The maximum atomic E-state index is 9.62. The lowest BCUT2D eigenvalue weighted by Crippen LogP contribution is -1.97. The predicted molar refractivity (Wildman–Crippen MR) is 122 cm³/mol. The SMILES string of the molecule is Cc1ccc(COc2c(Cl)cc(/C=C(\C#N)c3nc4ccccc4[nH]3)cc2Cl)cc1. The van der Waals surface area contributed by atoms with Crippen molar-refractivity contribution in [3.8, 4) is 11.8 Å². The summed E-state index contributed by atoms with van der Waals surface area (Å²) in [6.45, 7) is 2.39. The van der Waals surface area contributed by atoms with Gasteiger partial charge in [-0.2, -0.15) is 5.26 Å². The molecular weight excluding hydrogens is 417 g/mol. The Balaban J connectivity index is 1.59. The maximum absolute atomic E-state index is 9.62. The van der Waals surface area contributed by atoms with Crippen molar-refractivity contribution in [2.24, 2.45) is 0 Å². The molecule has 1 N–H and O–H groups in total. The van der Waals surface area contributed by atoms with Crippen LogP contribution in [0.15, 0.2) is 60.7 Å². The highest BCUT2D eigenvalue weighted by Gasteiger charge is 2.12. The number of allylic oxidation sites excluding steroid dienone is 1.